The number of aryl methyl sites for hydroxylation is 2. The summed E-state index contributed by atoms with van der Waals surface area (Å²) in [4.78, 5) is 19.5. The normalized spacial score (nSPS) is 18.5. The number of carbonyl (C=O) groups is 1. The maximum atomic E-state index is 12.5. The average Bonchev–Trinajstić information content (AvgIpc) is 3.13. The molecule has 1 atom stereocenters. The van der Waals surface area contributed by atoms with Crippen LogP contribution in [0.5, 0.6) is 0 Å². The predicted octanol–water partition coefficient (Wildman–Crippen LogP) is 2.64. The SMILES string of the molecule is Cc1ccc([C@@H]2COCCN2C(=O)NCc2scnc2C)o1. The number of morpholine rings is 1. The molecule has 1 aliphatic heterocycles. The second-order valence-corrected chi connectivity index (χ2v) is 6.19. The first-order valence-electron chi connectivity index (χ1n) is 7.22. The van der Waals surface area contributed by atoms with Gasteiger partial charge in [0.05, 0.1) is 31.0 Å². The minimum atomic E-state index is -0.176. The quantitative estimate of drug-likeness (QED) is 0.943. The van der Waals surface area contributed by atoms with E-state index in [4.69, 9.17) is 9.15 Å². The van der Waals surface area contributed by atoms with Crippen LogP contribution < -0.4 is 5.32 Å². The Morgan fingerprint density at radius 1 is 1.50 bits per heavy atom. The minimum Gasteiger partial charge on any atom is -0.464 e. The van der Waals surface area contributed by atoms with E-state index < -0.39 is 0 Å². The van der Waals surface area contributed by atoms with Crippen molar-refractivity contribution >= 4 is 17.4 Å². The van der Waals surface area contributed by atoms with Crippen LogP contribution in [0, 0.1) is 13.8 Å². The number of thiazole rings is 1. The highest BCUT2D eigenvalue weighted by molar-refractivity contribution is 7.09. The van der Waals surface area contributed by atoms with Crippen molar-refractivity contribution in [2.75, 3.05) is 19.8 Å². The standard InChI is InChI=1S/C15H19N3O3S/c1-10-3-4-13(21-10)12-8-20-6-5-18(12)15(19)16-7-14-11(2)17-9-22-14/h3-4,9,12H,5-8H2,1-2H3,(H,16,19)/t12-/m0/s1. The molecule has 1 saturated heterocycles. The van der Waals surface area contributed by atoms with Crippen molar-refractivity contribution in [1.29, 1.82) is 0 Å². The molecule has 7 heteroatoms. The van der Waals surface area contributed by atoms with Gasteiger partial charge in [-0.25, -0.2) is 9.78 Å². The van der Waals surface area contributed by atoms with E-state index in [0.29, 0.717) is 26.3 Å². The second-order valence-electron chi connectivity index (χ2n) is 5.25. The minimum absolute atomic E-state index is 0.102. The molecule has 6 nitrogen and oxygen atoms in total. The molecule has 2 amide bonds. The molecule has 0 saturated carbocycles. The van der Waals surface area contributed by atoms with E-state index in [0.717, 1.165) is 22.1 Å². The van der Waals surface area contributed by atoms with Crippen LogP contribution in [0.1, 0.15) is 28.1 Å². The van der Waals surface area contributed by atoms with Crippen LogP contribution in [-0.2, 0) is 11.3 Å². The Kier molecular flexibility index (Phi) is 4.44. The highest BCUT2D eigenvalue weighted by Crippen LogP contribution is 2.26. The maximum absolute atomic E-state index is 12.5. The lowest BCUT2D eigenvalue weighted by Gasteiger charge is -2.34. The summed E-state index contributed by atoms with van der Waals surface area (Å²) in [5, 5.41) is 2.96. The summed E-state index contributed by atoms with van der Waals surface area (Å²) < 4.78 is 11.2. The Labute approximate surface area is 133 Å². The Morgan fingerprint density at radius 2 is 2.36 bits per heavy atom. The van der Waals surface area contributed by atoms with Gasteiger partial charge in [-0.3, -0.25) is 0 Å². The number of nitrogens with zero attached hydrogens (tertiary/aromatic N) is 2. The van der Waals surface area contributed by atoms with Gasteiger partial charge in [-0.1, -0.05) is 0 Å². The number of furan rings is 1. The summed E-state index contributed by atoms with van der Waals surface area (Å²) in [7, 11) is 0. The fourth-order valence-corrected chi connectivity index (χ4v) is 3.19. The molecular weight excluding hydrogens is 302 g/mol. The molecule has 118 valence electrons. The molecule has 0 unspecified atom stereocenters. The number of hydrogen-bond donors (Lipinski definition) is 1. The number of amides is 2. The highest BCUT2D eigenvalue weighted by Gasteiger charge is 2.30. The zero-order chi connectivity index (χ0) is 15.5. The zero-order valence-electron chi connectivity index (χ0n) is 12.7. The molecule has 0 radical (unpaired) electrons. The van der Waals surface area contributed by atoms with Crippen molar-refractivity contribution in [2.24, 2.45) is 0 Å². The number of nitrogens with one attached hydrogen (secondary N) is 1. The van der Waals surface area contributed by atoms with E-state index in [-0.39, 0.29) is 12.1 Å². The van der Waals surface area contributed by atoms with Crippen LogP contribution in [0.2, 0.25) is 0 Å². The van der Waals surface area contributed by atoms with Gasteiger partial charge in [0.25, 0.3) is 0 Å². The zero-order valence-corrected chi connectivity index (χ0v) is 13.5. The molecule has 1 aliphatic rings. The predicted molar refractivity (Wildman–Crippen MR) is 82.8 cm³/mol. The molecule has 0 bridgehead atoms. The molecule has 1 N–H and O–H groups in total. The van der Waals surface area contributed by atoms with Crippen LogP contribution in [0.15, 0.2) is 22.1 Å². The number of aromatic nitrogens is 1. The van der Waals surface area contributed by atoms with Crippen LogP contribution in [0.4, 0.5) is 4.79 Å². The first-order chi connectivity index (χ1) is 10.6. The maximum Gasteiger partial charge on any atom is 0.318 e. The van der Waals surface area contributed by atoms with Gasteiger partial charge in [0.15, 0.2) is 0 Å². The summed E-state index contributed by atoms with van der Waals surface area (Å²) in [5.41, 5.74) is 2.76. The number of urea groups is 1. The average molecular weight is 321 g/mol. The van der Waals surface area contributed by atoms with Crippen molar-refractivity contribution < 1.29 is 13.9 Å². The van der Waals surface area contributed by atoms with Crippen molar-refractivity contribution in [3.63, 3.8) is 0 Å². The number of ether oxygens (including phenoxy) is 1. The monoisotopic (exact) mass is 321 g/mol. The highest BCUT2D eigenvalue weighted by atomic mass is 32.1. The Balaban J connectivity index is 1.67. The molecule has 2 aromatic rings. The fraction of sp³-hybridized carbons (Fsp3) is 0.467. The van der Waals surface area contributed by atoms with Crippen LogP contribution in [0.25, 0.3) is 0 Å². The smallest absolute Gasteiger partial charge is 0.318 e. The summed E-state index contributed by atoms with van der Waals surface area (Å²) in [5.74, 6) is 1.60. The van der Waals surface area contributed by atoms with Crippen molar-refractivity contribution in [3.8, 4) is 0 Å². The van der Waals surface area contributed by atoms with Crippen molar-refractivity contribution in [3.05, 3.63) is 39.7 Å². The lowest BCUT2D eigenvalue weighted by Crippen LogP contribution is -2.47. The molecular formula is C15H19N3O3S. The second kappa shape index (κ2) is 6.50. The van der Waals surface area contributed by atoms with Crippen LogP contribution in [-0.4, -0.2) is 35.7 Å². The third-order valence-electron chi connectivity index (χ3n) is 3.72. The summed E-state index contributed by atoms with van der Waals surface area (Å²) in [6.07, 6.45) is 0. The van der Waals surface area contributed by atoms with Gasteiger partial charge < -0.3 is 19.4 Å². The molecule has 0 aliphatic carbocycles. The Hall–Kier alpha value is -1.86. The number of carbonyl (C=O) groups excluding carboxylic acids is 1. The van der Waals surface area contributed by atoms with Gasteiger partial charge in [0.1, 0.15) is 17.6 Å². The van der Waals surface area contributed by atoms with Crippen molar-refractivity contribution in [2.45, 2.75) is 26.4 Å². The van der Waals surface area contributed by atoms with E-state index >= 15 is 0 Å². The third kappa shape index (κ3) is 3.15. The summed E-state index contributed by atoms with van der Waals surface area (Å²) in [6.45, 7) is 5.89. The summed E-state index contributed by atoms with van der Waals surface area (Å²) in [6, 6.07) is 3.53. The molecule has 3 heterocycles. The first kappa shape index (κ1) is 15.1. The van der Waals surface area contributed by atoms with Gasteiger partial charge in [-0.2, -0.15) is 0 Å². The van der Waals surface area contributed by atoms with Crippen LogP contribution in [0.3, 0.4) is 0 Å². The molecule has 3 rings (SSSR count). The summed E-state index contributed by atoms with van der Waals surface area (Å²) >= 11 is 1.55. The van der Waals surface area contributed by atoms with E-state index in [1.165, 1.54) is 0 Å². The lowest BCUT2D eigenvalue weighted by molar-refractivity contribution is 0.00401. The van der Waals surface area contributed by atoms with Gasteiger partial charge in [0, 0.05) is 11.4 Å². The number of hydrogen-bond acceptors (Lipinski definition) is 5. The van der Waals surface area contributed by atoms with Gasteiger partial charge in [-0.15, -0.1) is 11.3 Å². The third-order valence-corrected chi connectivity index (χ3v) is 4.66. The van der Waals surface area contributed by atoms with Gasteiger partial charge in [0.2, 0.25) is 0 Å². The van der Waals surface area contributed by atoms with E-state index in [2.05, 4.69) is 10.3 Å². The molecule has 1 fully saturated rings. The molecule has 0 spiro atoms. The molecule has 22 heavy (non-hydrogen) atoms. The Morgan fingerprint density at radius 3 is 3.05 bits per heavy atom. The van der Waals surface area contributed by atoms with E-state index in [1.807, 2.05) is 26.0 Å². The van der Waals surface area contributed by atoms with Crippen LogP contribution >= 0.6 is 11.3 Å². The van der Waals surface area contributed by atoms with Crippen molar-refractivity contribution in [1.82, 2.24) is 15.2 Å². The largest absolute Gasteiger partial charge is 0.464 e. The fourth-order valence-electron chi connectivity index (χ4n) is 2.47. The van der Waals surface area contributed by atoms with E-state index in [1.54, 1.807) is 21.7 Å². The topological polar surface area (TPSA) is 67.6 Å². The number of rotatable bonds is 3. The van der Waals surface area contributed by atoms with Gasteiger partial charge >= 0.3 is 6.03 Å². The van der Waals surface area contributed by atoms with Gasteiger partial charge in [-0.05, 0) is 26.0 Å². The Bertz CT molecular complexity index is 652. The molecule has 0 aromatic carbocycles. The van der Waals surface area contributed by atoms with E-state index in [9.17, 15) is 4.79 Å². The first-order valence-corrected chi connectivity index (χ1v) is 8.10. The molecule has 2 aromatic heterocycles. The lowest BCUT2D eigenvalue weighted by atomic mass is 10.2.